The smallest absolute Gasteiger partial charge is 0.231 e. The molecule has 0 fully saturated rings. The maximum Gasteiger partial charge on any atom is 0.231 e. The van der Waals surface area contributed by atoms with Crippen LogP contribution in [0.3, 0.4) is 0 Å². The van der Waals surface area contributed by atoms with Gasteiger partial charge in [-0.1, -0.05) is 11.6 Å². The molecule has 1 amide bonds. The number of fused-ring (bicyclic) bond motifs is 1. The van der Waals surface area contributed by atoms with Crippen LogP contribution in [0.25, 0.3) is 0 Å². The molecule has 0 radical (unpaired) electrons. The lowest BCUT2D eigenvalue weighted by Crippen LogP contribution is -2.32. The average Bonchev–Trinajstić information content (AvgIpc) is 2.56. The fraction of sp³-hybridized carbons (Fsp3) is 0.235. The van der Waals surface area contributed by atoms with E-state index in [1.807, 2.05) is 18.2 Å². The van der Waals surface area contributed by atoms with Gasteiger partial charge in [0.15, 0.2) is 0 Å². The highest BCUT2D eigenvalue weighted by Crippen LogP contribution is 2.31. The van der Waals surface area contributed by atoms with Gasteiger partial charge in [-0.25, -0.2) is 4.39 Å². The fourth-order valence-corrected chi connectivity index (χ4v) is 2.71. The number of benzene rings is 2. The van der Waals surface area contributed by atoms with E-state index in [1.165, 1.54) is 12.1 Å². The van der Waals surface area contributed by atoms with Gasteiger partial charge in [-0.15, -0.1) is 0 Å². The molecule has 1 heterocycles. The van der Waals surface area contributed by atoms with Crippen LogP contribution in [0, 0.1) is 11.7 Å². The summed E-state index contributed by atoms with van der Waals surface area (Å²) >= 11 is 5.93. The van der Waals surface area contributed by atoms with Gasteiger partial charge < -0.3 is 14.8 Å². The lowest BCUT2D eigenvalue weighted by Gasteiger charge is -2.25. The average molecular weight is 336 g/mol. The topological polar surface area (TPSA) is 47.6 Å². The van der Waals surface area contributed by atoms with E-state index in [1.54, 1.807) is 7.11 Å². The molecule has 23 heavy (non-hydrogen) atoms. The lowest BCUT2D eigenvalue weighted by molar-refractivity contribution is -0.121. The molecule has 0 unspecified atom stereocenters. The molecule has 2 aromatic carbocycles. The summed E-state index contributed by atoms with van der Waals surface area (Å²) in [5.41, 5.74) is 1.30. The molecular weight excluding hydrogens is 321 g/mol. The molecule has 1 atom stereocenters. The molecule has 1 aliphatic heterocycles. The normalized spacial score (nSPS) is 16.2. The summed E-state index contributed by atoms with van der Waals surface area (Å²) in [4.78, 5) is 12.4. The molecule has 2 aromatic rings. The first kappa shape index (κ1) is 15.6. The number of halogens is 2. The van der Waals surface area contributed by atoms with Crippen molar-refractivity contribution in [2.75, 3.05) is 19.0 Å². The predicted molar refractivity (Wildman–Crippen MR) is 85.7 cm³/mol. The van der Waals surface area contributed by atoms with Crippen LogP contribution in [0.5, 0.6) is 11.5 Å². The molecule has 0 spiro atoms. The van der Waals surface area contributed by atoms with Crippen LogP contribution < -0.4 is 14.8 Å². The van der Waals surface area contributed by atoms with Crippen LogP contribution >= 0.6 is 11.6 Å². The summed E-state index contributed by atoms with van der Waals surface area (Å²) in [6.07, 6.45) is 0.539. The van der Waals surface area contributed by atoms with Gasteiger partial charge in [0.1, 0.15) is 23.9 Å². The fourth-order valence-electron chi connectivity index (χ4n) is 2.49. The minimum Gasteiger partial charge on any atom is -0.497 e. The van der Waals surface area contributed by atoms with Crippen LogP contribution in [0.2, 0.25) is 5.02 Å². The summed E-state index contributed by atoms with van der Waals surface area (Å²) in [5, 5.41) is 2.88. The van der Waals surface area contributed by atoms with E-state index in [0.717, 1.165) is 23.1 Å². The van der Waals surface area contributed by atoms with Crippen LogP contribution in [-0.4, -0.2) is 19.6 Å². The van der Waals surface area contributed by atoms with Crippen LogP contribution in [-0.2, 0) is 11.2 Å². The van der Waals surface area contributed by atoms with Crippen LogP contribution in [0.1, 0.15) is 5.56 Å². The first-order chi connectivity index (χ1) is 11.1. The van der Waals surface area contributed by atoms with E-state index in [-0.39, 0.29) is 23.5 Å². The third kappa shape index (κ3) is 3.40. The van der Waals surface area contributed by atoms with Crippen molar-refractivity contribution in [3.8, 4) is 11.5 Å². The van der Waals surface area contributed by atoms with E-state index in [2.05, 4.69) is 5.32 Å². The highest BCUT2D eigenvalue weighted by molar-refractivity contribution is 6.33. The monoisotopic (exact) mass is 335 g/mol. The second-order valence-corrected chi connectivity index (χ2v) is 5.71. The maximum atomic E-state index is 13.0. The molecule has 6 heteroatoms. The van der Waals surface area contributed by atoms with Crippen molar-refractivity contribution in [2.45, 2.75) is 6.42 Å². The molecule has 0 saturated heterocycles. The summed E-state index contributed by atoms with van der Waals surface area (Å²) in [5.74, 6) is 0.461. The Hall–Kier alpha value is -2.27. The third-order valence-electron chi connectivity index (χ3n) is 3.73. The van der Waals surface area contributed by atoms with Gasteiger partial charge in [-0.3, -0.25) is 4.79 Å². The SMILES string of the molecule is COc1ccc2c(c1)C[C@@H](C(=O)Nc1ccc(F)cc1Cl)CO2. The van der Waals surface area contributed by atoms with Gasteiger partial charge in [-0.2, -0.15) is 0 Å². The summed E-state index contributed by atoms with van der Waals surface area (Å²) in [6.45, 7) is 0.282. The number of rotatable bonds is 3. The zero-order chi connectivity index (χ0) is 16.4. The Morgan fingerprint density at radius 1 is 1.35 bits per heavy atom. The molecule has 120 valence electrons. The van der Waals surface area contributed by atoms with Crippen LogP contribution in [0.15, 0.2) is 36.4 Å². The number of amides is 1. The highest BCUT2D eigenvalue weighted by Gasteiger charge is 2.26. The van der Waals surface area contributed by atoms with Gasteiger partial charge in [-0.05, 0) is 48.4 Å². The largest absolute Gasteiger partial charge is 0.497 e. The predicted octanol–water partition coefficient (Wildman–Crippen LogP) is 3.68. The molecule has 0 bridgehead atoms. The van der Waals surface area contributed by atoms with Gasteiger partial charge in [0.05, 0.1) is 23.7 Å². The Morgan fingerprint density at radius 2 is 2.17 bits per heavy atom. The van der Waals surface area contributed by atoms with Gasteiger partial charge in [0.25, 0.3) is 0 Å². The van der Waals surface area contributed by atoms with Crippen molar-refractivity contribution in [1.82, 2.24) is 0 Å². The Bertz CT molecular complexity index is 751. The first-order valence-electron chi connectivity index (χ1n) is 7.12. The molecule has 3 rings (SSSR count). The zero-order valence-electron chi connectivity index (χ0n) is 12.4. The number of nitrogens with one attached hydrogen (secondary N) is 1. The number of ether oxygens (including phenoxy) is 2. The minimum atomic E-state index is -0.449. The first-order valence-corrected chi connectivity index (χ1v) is 7.50. The van der Waals surface area contributed by atoms with Crippen molar-refractivity contribution in [1.29, 1.82) is 0 Å². The van der Waals surface area contributed by atoms with E-state index < -0.39 is 5.82 Å². The van der Waals surface area contributed by atoms with Crippen molar-refractivity contribution < 1.29 is 18.7 Å². The highest BCUT2D eigenvalue weighted by atomic mass is 35.5. The maximum absolute atomic E-state index is 13.0. The molecule has 1 aliphatic rings. The standard InChI is InChI=1S/C17H15ClFNO3/c1-22-13-3-5-16-10(7-13)6-11(9-23-16)17(21)20-15-4-2-12(19)8-14(15)18/h2-5,7-8,11H,6,9H2,1H3,(H,20,21)/t11-/m1/s1. The van der Waals surface area contributed by atoms with Crippen LogP contribution in [0.4, 0.5) is 10.1 Å². The Balaban J connectivity index is 1.73. The number of hydrogen-bond acceptors (Lipinski definition) is 3. The number of carbonyl (C=O) groups is 1. The minimum absolute atomic E-state index is 0.164. The molecular formula is C17H15ClFNO3. The number of methoxy groups -OCH3 is 1. The molecule has 1 N–H and O–H groups in total. The summed E-state index contributed by atoms with van der Waals surface area (Å²) in [7, 11) is 1.59. The number of carbonyl (C=O) groups excluding carboxylic acids is 1. The quantitative estimate of drug-likeness (QED) is 0.930. The second-order valence-electron chi connectivity index (χ2n) is 5.30. The van der Waals surface area contributed by atoms with Crippen molar-refractivity contribution in [3.05, 3.63) is 52.8 Å². The van der Waals surface area contributed by atoms with E-state index in [9.17, 15) is 9.18 Å². The Labute approximate surface area is 138 Å². The van der Waals surface area contributed by atoms with E-state index >= 15 is 0 Å². The van der Waals surface area contributed by atoms with Gasteiger partial charge >= 0.3 is 0 Å². The van der Waals surface area contributed by atoms with Crippen molar-refractivity contribution in [2.24, 2.45) is 5.92 Å². The molecule has 0 saturated carbocycles. The van der Waals surface area contributed by atoms with Crippen molar-refractivity contribution >= 4 is 23.2 Å². The second kappa shape index (κ2) is 6.46. The summed E-state index contributed by atoms with van der Waals surface area (Å²) < 4.78 is 23.9. The Kier molecular flexibility index (Phi) is 4.39. The zero-order valence-corrected chi connectivity index (χ0v) is 13.2. The van der Waals surface area contributed by atoms with Crippen molar-refractivity contribution in [3.63, 3.8) is 0 Å². The lowest BCUT2D eigenvalue weighted by atomic mass is 9.95. The van der Waals surface area contributed by atoms with E-state index in [0.29, 0.717) is 12.1 Å². The molecule has 0 aromatic heterocycles. The number of hydrogen-bond donors (Lipinski definition) is 1. The number of anilines is 1. The van der Waals surface area contributed by atoms with Gasteiger partial charge in [0, 0.05) is 0 Å². The Morgan fingerprint density at radius 3 is 2.91 bits per heavy atom. The van der Waals surface area contributed by atoms with E-state index in [4.69, 9.17) is 21.1 Å². The molecule has 4 nitrogen and oxygen atoms in total. The molecule has 0 aliphatic carbocycles. The summed E-state index contributed by atoms with van der Waals surface area (Å²) in [6, 6.07) is 9.36. The van der Waals surface area contributed by atoms with Gasteiger partial charge in [0.2, 0.25) is 5.91 Å². The third-order valence-corrected chi connectivity index (χ3v) is 4.05.